The Morgan fingerprint density at radius 3 is 2.81 bits per heavy atom. The molecule has 0 aliphatic heterocycles. The lowest BCUT2D eigenvalue weighted by Gasteiger charge is -2.14. The zero-order valence-corrected chi connectivity index (χ0v) is 13.6. The molecule has 3 N–H and O–H groups in total. The number of thioether (sulfide) groups is 1. The quantitative estimate of drug-likeness (QED) is 0.799. The predicted molar refractivity (Wildman–Crippen MR) is 90.6 cm³/mol. The van der Waals surface area contributed by atoms with E-state index in [1.807, 2.05) is 30.0 Å². The first-order valence-corrected chi connectivity index (χ1v) is 8.82. The SMILES string of the molecule is CC(CN)CCC(=O)Nc1ccccc1SC1CCCC1. The van der Waals surface area contributed by atoms with E-state index in [-0.39, 0.29) is 5.91 Å². The van der Waals surface area contributed by atoms with E-state index in [2.05, 4.69) is 18.3 Å². The van der Waals surface area contributed by atoms with Gasteiger partial charge in [-0.1, -0.05) is 31.9 Å². The molecule has 3 nitrogen and oxygen atoms in total. The van der Waals surface area contributed by atoms with E-state index in [9.17, 15) is 4.79 Å². The highest BCUT2D eigenvalue weighted by Crippen LogP contribution is 2.38. The molecule has 0 aromatic heterocycles. The molecule has 0 saturated heterocycles. The van der Waals surface area contributed by atoms with E-state index in [1.165, 1.54) is 30.6 Å². The molecule has 1 aromatic carbocycles. The van der Waals surface area contributed by atoms with Crippen LogP contribution in [0.2, 0.25) is 0 Å². The molecular weight excluding hydrogens is 280 g/mol. The molecule has 1 aliphatic carbocycles. The molecule has 4 heteroatoms. The summed E-state index contributed by atoms with van der Waals surface area (Å²) in [5, 5.41) is 3.77. The summed E-state index contributed by atoms with van der Waals surface area (Å²) in [5.74, 6) is 0.494. The van der Waals surface area contributed by atoms with Gasteiger partial charge < -0.3 is 11.1 Å². The van der Waals surface area contributed by atoms with Crippen molar-refractivity contribution in [3.05, 3.63) is 24.3 Å². The summed E-state index contributed by atoms with van der Waals surface area (Å²) in [6, 6.07) is 8.14. The van der Waals surface area contributed by atoms with Crippen LogP contribution in [0.15, 0.2) is 29.2 Å². The highest BCUT2D eigenvalue weighted by molar-refractivity contribution is 8.00. The molecule has 1 amide bonds. The van der Waals surface area contributed by atoms with E-state index >= 15 is 0 Å². The fraction of sp³-hybridized carbons (Fsp3) is 0.588. The summed E-state index contributed by atoms with van der Waals surface area (Å²) >= 11 is 1.91. The Bertz CT molecular complexity index is 458. The summed E-state index contributed by atoms with van der Waals surface area (Å²) in [4.78, 5) is 13.3. The number of amides is 1. The summed E-state index contributed by atoms with van der Waals surface area (Å²) < 4.78 is 0. The molecule has 1 atom stereocenters. The van der Waals surface area contributed by atoms with Gasteiger partial charge in [0.1, 0.15) is 0 Å². The maximum atomic E-state index is 12.1. The minimum atomic E-state index is 0.0924. The van der Waals surface area contributed by atoms with Gasteiger partial charge in [-0.25, -0.2) is 0 Å². The molecule has 116 valence electrons. The van der Waals surface area contributed by atoms with Gasteiger partial charge in [-0.2, -0.15) is 0 Å². The molecule has 0 radical (unpaired) electrons. The molecule has 1 fully saturated rings. The van der Waals surface area contributed by atoms with Crippen molar-refractivity contribution in [2.75, 3.05) is 11.9 Å². The topological polar surface area (TPSA) is 55.1 Å². The third-order valence-corrected chi connectivity index (χ3v) is 5.44. The number of anilines is 1. The van der Waals surface area contributed by atoms with Crippen LogP contribution in [0.25, 0.3) is 0 Å². The first kappa shape index (κ1) is 16.4. The van der Waals surface area contributed by atoms with E-state index in [4.69, 9.17) is 5.73 Å². The normalized spacial score (nSPS) is 16.9. The van der Waals surface area contributed by atoms with Crippen LogP contribution >= 0.6 is 11.8 Å². The zero-order chi connectivity index (χ0) is 15.1. The van der Waals surface area contributed by atoms with E-state index in [0.29, 0.717) is 24.1 Å². The Balaban J connectivity index is 1.91. The van der Waals surface area contributed by atoms with Crippen molar-refractivity contribution >= 4 is 23.4 Å². The predicted octanol–water partition coefficient (Wildman–Crippen LogP) is 4.03. The van der Waals surface area contributed by atoms with Gasteiger partial charge in [-0.15, -0.1) is 11.8 Å². The van der Waals surface area contributed by atoms with Crippen molar-refractivity contribution in [3.63, 3.8) is 0 Å². The summed E-state index contributed by atoms with van der Waals surface area (Å²) in [6.07, 6.45) is 6.65. The minimum absolute atomic E-state index is 0.0924. The second-order valence-corrected chi connectivity index (χ2v) is 7.29. The first-order valence-electron chi connectivity index (χ1n) is 7.94. The average Bonchev–Trinajstić information content (AvgIpc) is 3.00. The highest BCUT2D eigenvalue weighted by atomic mass is 32.2. The molecule has 0 spiro atoms. The largest absolute Gasteiger partial charge is 0.330 e. The Hall–Kier alpha value is -1.00. The molecule has 1 aromatic rings. The number of nitrogens with two attached hydrogens (primary N) is 1. The van der Waals surface area contributed by atoms with Crippen molar-refractivity contribution < 1.29 is 4.79 Å². The zero-order valence-electron chi connectivity index (χ0n) is 12.8. The number of carbonyl (C=O) groups is 1. The second-order valence-electron chi connectivity index (χ2n) is 5.95. The number of hydrogen-bond acceptors (Lipinski definition) is 3. The third kappa shape index (κ3) is 5.36. The number of rotatable bonds is 7. The summed E-state index contributed by atoms with van der Waals surface area (Å²) in [5.41, 5.74) is 6.55. The number of benzene rings is 1. The Morgan fingerprint density at radius 1 is 1.38 bits per heavy atom. The van der Waals surface area contributed by atoms with Crippen LogP contribution in [0.4, 0.5) is 5.69 Å². The van der Waals surface area contributed by atoms with Gasteiger partial charge in [0.25, 0.3) is 0 Å². The van der Waals surface area contributed by atoms with Gasteiger partial charge in [-0.3, -0.25) is 4.79 Å². The van der Waals surface area contributed by atoms with Gasteiger partial charge in [0.05, 0.1) is 5.69 Å². The lowest BCUT2D eigenvalue weighted by Crippen LogP contribution is -2.16. The van der Waals surface area contributed by atoms with Gasteiger partial charge in [0, 0.05) is 16.6 Å². The molecule has 0 bridgehead atoms. The monoisotopic (exact) mass is 306 g/mol. The Morgan fingerprint density at radius 2 is 2.10 bits per heavy atom. The van der Waals surface area contributed by atoms with Gasteiger partial charge in [0.2, 0.25) is 5.91 Å². The molecule has 0 heterocycles. The number of carbonyl (C=O) groups excluding carboxylic acids is 1. The van der Waals surface area contributed by atoms with Crippen LogP contribution in [-0.2, 0) is 4.79 Å². The molecule has 1 saturated carbocycles. The van der Waals surface area contributed by atoms with Crippen LogP contribution in [0.3, 0.4) is 0 Å². The molecule has 21 heavy (non-hydrogen) atoms. The first-order chi connectivity index (χ1) is 10.2. The van der Waals surface area contributed by atoms with Crippen molar-refractivity contribution in [2.45, 2.75) is 55.6 Å². The van der Waals surface area contributed by atoms with Crippen molar-refractivity contribution in [2.24, 2.45) is 11.7 Å². The van der Waals surface area contributed by atoms with Crippen molar-refractivity contribution in [1.82, 2.24) is 0 Å². The van der Waals surface area contributed by atoms with Crippen LogP contribution in [0, 0.1) is 5.92 Å². The Labute approximate surface area is 132 Å². The summed E-state index contributed by atoms with van der Waals surface area (Å²) in [6.45, 7) is 2.72. The fourth-order valence-corrected chi connectivity index (χ4v) is 3.90. The molecule has 1 unspecified atom stereocenters. The van der Waals surface area contributed by atoms with Gasteiger partial charge >= 0.3 is 0 Å². The molecule has 2 rings (SSSR count). The fourth-order valence-electron chi connectivity index (χ4n) is 2.57. The van der Waals surface area contributed by atoms with Crippen LogP contribution in [0.1, 0.15) is 45.4 Å². The maximum Gasteiger partial charge on any atom is 0.224 e. The maximum absolute atomic E-state index is 12.1. The van der Waals surface area contributed by atoms with Crippen LogP contribution in [-0.4, -0.2) is 17.7 Å². The van der Waals surface area contributed by atoms with Gasteiger partial charge in [-0.05, 0) is 43.9 Å². The lowest BCUT2D eigenvalue weighted by atomic mass is 10.1. The highest BCUT2D eigenvalue weighted by Gasteiger charge is 2.18. The smallest absolute Gasteiger partial charge is 0.224 e. The summed E-state index contributed by atoms with van der Waals surface area (Å²) in [7, 11) is 0. The van der Waals surface area contributed by atoms with E-state index in [1.54, 1.807) is 0 Å². The minimum Gasteiger partial charge on any atom is -0.330 e. The number of hydrogen-bond donors (Lipinski definition) is 2. The third-order valence-electron chi connectivity index (χ3n) is 4.02. The van der Waals surface area contributed by atoms with E-state index < -0.39 is 0 Å². The second kappa shape index (κ2) is 8.44. The molecular formula is C17H26N2OS. The average molecular weight is 306 g/mol. The number of para-hydroxylation sites is 1. The lowest BCUT2D eigenvalue weighted by molar-refractivity contribution is -0.116. The number of nitrogens with one attached hydrogen (secondary N) is 1. The standard InChI is InChI=1S/C17H26N2OS/c1-13(12-18)10-11-17(20)19-15-8-4-5-9-16(15)21-14-6-2-3-7-14/h4-5,8-9,13-14H,2-3,6-7,10-12,18H2,1H3,(H,19,20). The van der Waals surface area contributed by atoms with E-state index in [0.717, 1.165) is 12.1 Å². The molecule has 1 aliphatic rings. The van der Waals surface area contributed by atoms with Crippen molar-refractivity contribution in [1.29, 1.82) is 0 Å². The Kier molecular flexibility index (Phi) is 6.58. The van der Waals surface area contributed by atoms with Crippen molar-refractivity contribution in [3.8, 4) is 0 Å². The van der Waals surface area contributed by atoms with Gasteiger partial charge in [0.15, 0.2) is 0 Å². The van der Waals surface area contributed by atoms with Crippen LogP contribution in [0.5, 0.6) is 0 Å². The van der Waals surface area contributed by atoms with Crippen LogP contribution < -0.4 is 11.1 Å².